The zero-order valence-electron chi connectivity index (χ0n) is 7.42. The van der Waals surface area contributed by atoms with Gasteiger partial charge in [-0.05, 0) is 12.8 Å². The Hall–Kier alpha value is -0.840. The summed E-state index contributed by atoms with van der Waals surface area (Å²) in [6, 6.07) is -0.0903. The van der Waals surface area contributed by atoms with E-state index in [-0.39, 0.29) is 11.8 Å². The summed E-state index contributed by atoms with van der Waals surface area (Å²) in [5.41, 5.74) is 0. The van der Waals surface area contributed by atoms with Crippen LogP contribution in [0.1, 0.15) is 33.6 Å². The van der Waals surface area contributed by atoms with Crippen LogP contribution in [0.4, 0.5) is 0 Å². The Balaban J connectivity index is 3.79. The number of ketones is 1. The van der Waals surface area contributed by atoms with Crippen LogP contribution in [0, 0.1) is 12.5 Å². The predicted octanol–water partition coefficient (Wildman–Crippen LogP) is 2.30. The quantitative estimate of drug-likeness (QED) is 0.568. The molecule has 0 aliphatic heterocycles. The van der Waals surface area contributed by atoms with Gasteiger partial charge in [-0.15, -0.1) is 0 Å². The minimum absolute atomic E-state index is 0.0903. The van der Waals surface area contributed by atoms with Gasteiger partial charge in [-0.3, -0.25) is 4.79 Å². The standard InChI is InChI=1S/C9H15NO/c1-7(2)5-9(10-4)6-8(3)11/h7,9H,5-6H2,1-3H3/t9-/m0/s1. The lowest BCUT2D eigenvalue weighted by atomic mass is 10.0. The molecule has 0 heterocycles. The van der Waals surface area contributed by atoms with Gasteiger partial charge in [0.05, 0.1) is 6.42 Å². The topological polar surface area (TPSA) is 21.4 Å². The fraction of sp³-hybridized carbons (Fsp3) is 0.778. The van der Waals surface area contributed by atoms with Crippen LogP contribution in [0.3, 0.4) is 0 Å². The highest BCUT2D eigenvalue weighted by Crippen LogP contribution is 2.11. The Bertz CT molecular complexity index is 167. The molecule has 62 valence electrons. The van der Waals surface area contributed by atoms with Gasteiger partial charge in [0.15, 0.2) is 0 Å². The maximum Gasteiger partial charge on any atom is 0.230 e. The van der Waals surface area contributed by atoms with Crippen LogP contribution in [0.25, 0.3) is 4.85 Å². The van der Waals surface area contributed by atoms with Crippen LogP contribution in [0.15, 0.2) is 0 Å². The molecule has 0 aromatic rings. The van der Waals surface area contributed by atoms with Gasteiger partial charge in [0, 0.05) is 6.42 Å². The lowest BCUT2D eigenvalue weighted by molar-refractivity contribution is -0.117. The highest BCUT2D eigenvalue weighted by Gasteiger charge is 2.16. The Morgan fingerprint density at radius 1 is 1.55 bits per heavy atom. The number of nitrogens with zero attached hydrogens (tertiary/aromatic N) is 1. The van der Waals surface area contributed by atoms with Crippen LogP contribution in [-0.4, -0.2) is 11.8 Å². The van der Waals surface area contributed by atoms with E-state index in [0.717, 1.165) is 6.42 Å². The number of Topliss-reactive ketones (excluding diaryl/α,β-unsaturated/α-hetero) is 1. The zero-order chi connectivity index (χ0) is 8.85. The number of hydrogen-bond acceptors (Lipinski definition) is 1. The van der Waals surface area contributed by atoms with E-state index in [0.29, 0.717) is 12.3 Å². The Labute approximate surface area is 68.4 Å². The van der Waals surface area contributed by atoms with E-state index in [2.05, 4.69) is 18.7 Å². The van der Waals surface area contributed by atoms with Crippen molar-refractivity contribution in [3.8, 4) is 0 Å². The molecule has 2 heteroatoms. The zero-order valence-corrected chi connectivity index (χ0v) is 7.42. The molecule has 0 radical (unpaired) electrons. The molecule has 0 saturated heterocycles. The van der Waals surface area contributed by atoms with Crippen molar-refractivity contribution < 1.29 is 4.79 Å². The Morgan fingerprint density at radius 2 is 2.09 bits per heavy atom. The van der Waals surface area contributed by atoms with Gasteiger partial charge < -0.3 is 4.85 Å². The number of carbonyl (C=O) groups excluding carboxylic acids is 1. The second-order valence-corrected chi connectivity index (χ2v) is 3.32. The Morgan fingerprint density at radius 3 is 2.36 bits per heavy atom. The lowest BCUT2D eigenvalue weighted by Gasteiger charge is -2.05. The predicted molar refractivity (Wildman–Crippen MR) is 45.1 cm³/mol. The minimum atomic E-state index is -0.0903. The second-order valence-electron chi connectivity index (χ2n) is 3.32. The van der Waals surface area contributed by atoms with Crippen molar-refractivity contribution in [2.24, 2.45) is 5.92 Å². The molecule has 0 amide bonds. The molecule has 2 nitrogen and oxygen atoms in total. The number of carbonyl (C=O) groups is 1. The van der Waals surface area contributed by atoms with Crippen molar-refractivity contribution >= 4 is 5.78 Å². The molecule has 0 aromatic heterocycles. The van der Waals surface area contributed by atoms with Crippen LogP contribution < -0.4 is 0 Å². The van der Waals surface area contributed by atoms with E-state index in [9.17, 15) is 4.79 Å². The SMILES string of the molecule is [C-]#[N+][C@H](CC(C)=O)CC(C)C. The van der Waals surface area contributed by atoms with E-state index in [4.69, 9.17) is 6.57 Å². The van der Waals surface area contributed by atoms with E-state index >= 15 is 0 Å². The highest BCUT2D eigenvalue weighted by atomic mass is 16.1. The largest absolute Gasteiger partial charge is 0.313 e. The van der Waals surface area contributed by atoms with Crippen molar-refractivity contribution in [2.75, 3.05) is 0 Å². The third-order valence-corrected chi connectivity index (χ3v) is 1.45. The van der Waals surface area contributed by atoms with E-state index < -0.39 is 0 Å². The van der Waals surface area contributed by atoms with Crippen LogP contribution in [0.2, 0.25) is 0 Å². The summed E-state index contributed by atoms with van der Waals surface area (Å²) in [4.78, 5) is 14.0. The van der Waals surface area contributed by atoms with E-state index in [1.54, 1.807) is 6.92 Å². The van der Waals surface area contributed by atoms with Crippen LogP contribution in [-0.2, 0) is 4.79 Å². The fourth-order valence-corrected chi connectivity index (χ4v) is 1.06. The van der Waals surface area contributed by atoms with Gasteiger partial charge in [0.1, 0.15) is 5.78 Å². The fourth-order valence-electron chi connectivity index (χ4n) is 1.06. The molecule has 0 bridgehead atoms. The summed E-state index contributed by atoms with van der Waals surface area (Å²) in [6.07, 6.45) is 1.25. The van der Waals surface area contributed by atoms with Crippen molar-refractivity contribution in [3.63, 3.8) is 0 Å². The van der Waals surface area contributed by atoms with Crippen LogP contribution in [0.5, 0.6) is 0 Å². The first-order chi connectivity index (χ1) is 5.06. The summed E-state index contributed by atoms with van der Waals surface area (Å²) in [5, 5.41) is 0. The first-order valence-corrected chi connectivity index (χ1v) is 3.92. The molecule has 11 heavy (non-hydrogen) atoms. The molecule has 0 fully saturated rings. The summed E-state index contributed by atoms with van der Waals surface area (Å²) in [6.45, 7) is 12.5. The summed E-state index contributed by atoms with van der Waals surface area (Å²) in [7, 11) is 0. The minimum Gasteiger partial charge on any atom is -0.313 e. The van der Waals surface area contributed by atoms with Gasteiger partial charge in [0.25, 0.3) is 0 Å². The number of hydrogen-bond donors (Lipinski definition) is 0. The second kappa shape index (κ2) is 4.90. The molecule has 0 saturated carbocycles. The third kappa shape index (κ3) is 5.60. The molecular formula is C9H15NO. The van der Waals surface area contributed by atoms with Gasteiger partial charge in [-0.1, -0.05) is 13.8 Å². The van der Waals surface area contributed by atoms with Crippen molar-refractivity contribution in [1.82, 2.24) is 0 Å². The summed E-state index contributed by atoms with van der Waals surface area (Å²) in [5.74, 6) is 0.625. The monoisotopic (exact) mass is 153 g/mol. The maximum atomic E-state index is 10.7. The molecule has 1 atom stereocenters. The maximum absolute atomic E-state index is 10.7. The Kier molecular flexibility index (Phi) is 4.52. The molecule has 0 aromatic carbocycles. The molecule has 0 aliphatic carbocycles. The average molecular weight is 153 g/mol. The number of rotatable bonds is 4. The van der Waals surface area contributed by atoms with Crippen molar-refractivity contribution in [1.29, 1.82) is 0 Å². The molecule has 0 aliphatic rings. The normalized spacial score (nSPS) is 12.6. The summed E-state index contributed by atoms with van der Waals surface area (Å²) < 4.78 is 0. The van der Waals surface area contributed by atoms with E-state index in [1.807, 2.05) is 0 Å². The summed E-state index contributed by atoms with van der Waals surface area (Å²) >= 11 is 0. The smallest absolute Gasteiger partial charge is 0.230 e. The van der Waals surface area contributed by atoms with E-state index in [1.165, 1.54) is 0 Å². The molecule has 0 rings (SSSR count). The third-order valence-electron chi connectivity index (χ3n) is 1.45. The highest BCUT2D eigenvalue weighted by molar-refractivity contribution is 5.76. The van der Waals surface area contributed by atoms with Gasteiger partial charge in [0.2, 0.25) is 6.04 Å². The molecule has 0 N–H and O–H groups in total. The average Bonchev–Trinajstić information content (AvgIpc) is 1.84. The molecule has 0 spiro atoms. The first kappa shape index (κ1) is 10.2. The molecular weight excluding hydrogens is 138 g/mol. The van der Waals surface area contributed by atoms with Gasteiger partial charge >= 0.3 is 0 Å². The first-order valence-electron chi connectivity index (χ1n) is 3.92. The molecule has 0 unspecified atom stereocenters. The van der Waals surface area contributed by atoms with Gasteiger partial charge in [-0.2, -0.15) is 0 Å². The lowest BCUT2D eigenvalue weighted by Crippen LogP contribution is -2.10. The van der Waals surface area contributed by atoms with Crippen LogP contribution >= 0.6 is 0 Å². The van der Waals surface area contributed by atoms with Crippen molar-refractivity contribution in [2.45, 2.75) is 39.7 Å². The van der Waals surface area contributed by atoms with Gasteiger partial charge in [-0.25, -0.2) is 6.57 Å². The van der Waals surface area contributed by atoms with Crippen molar-refractivity contribution in [3.05, 3.63) is 11.4 Å².